The summed E-state index contributed by atoms with van der Waals surface area (Å²) in [5.74, 6) is -3.55. The van der Waals surface area contributed by atoms with Crippen molar-refractivity contribution in [3.8, 4) is 17.2 Å². The average Bonchev–Trinajstić information content (AvgIpc) is 2.78. The fourth-order valence-corrected chi connectivity index (χ4v) is 2.98. The topological polar surface area (TPSA) is 99.2 Å². The molecule has 0 saturated carbocycles. The summed E-state index contributed by atoms with van der Waals surface area (Å²) in [5, 5.41) is 2.18. The molecule has 0 aliphatic carbocycles. The highest BCUT2D eigenvalue weighted by atomic mass is 35.5. The molecule has 2 heterocycles. The molecule has 174 valence electrons. The molecule has 7 nitrogen and oxygen atoms in total. The maximum atomic E-state index is 14.6. The number of nitrogens with zero attached hydrogens (tertiary/aromatic N) is 2. The van der Waals surface area contributed by atoms with Gasteiger partial charge >= 0.3 is 0 Å². The molecule has 34 heavy (non-hydrogen) atoms. The van der Waals surface area contributed by atoms with Crippen molar-refractivity contribution in [1.82, 2.24) is 9.55 Å². The summed E-state index contributed by atoms with van der Waals surface area (Å²) in [6.07, 6.45) is 2.73. The van der Waals surface area contributed by atoms with Crippen LogP contribution in [0, 0.1) is 17.5 Å². The summed E-state index contributed by atoms with van der Waals surface area (Å²) in [7, 11) is 0. The zero-order valence-corrected chi connectivity index (χ0v) is 18.0. The van der Waals surface area contributed by atoms with E-state index in [0.29, 0.717) is 5.69 Å². The smallest absolute Gasteiger partial charge is 0.267 e. The second kappa shape index (κ2) is 10.1. The molecule has 2 aromatic heterocycles. The zero-order chi connectivity index (χ0) is 23.5. The second-order valence-corrected chi connectivity index (χ2v) is 6.81. The molecule has 4 aromatic rings. The first-order valence-corrected chi connectivity index (χ1v) is 9.49. The summed E-state index contributed by atoms with van der Waals surface area (Å²) in [6, 6.07) is 11.9. The van der Waals surface area contributed by atoms with Crippen LogP contribution in [0.15, 0.2) is 77.9 Å². The van der Waals surface area contributed by atoms with Crippen LogP contribution >= 0.6 is 12.4 Å². The van der Waals surface area contributed by atoms with Gasteiger partial charge in [0.05, 0.1) is 5.69 Å². The van der Waals surface area contributed by atoms with Crippen LogP contribution in [0.1, 0.15) is 10.4 Å². The number of ether oxygens (including phenoxy) is 1. The van der Waals surface area contributed by atoms with Gasteiger partial charge in [0.2, 0.25) is 0 Å². The first kappa shape index (κ1) is 24.3. The largest absolute Gasteiger partial charge is 0.454 e. The number of benzene rings is 2. The Labute approximate surface area is 197 Å². The predicted molar refractivity (Wildman–Crippen MR) is 122 cm³/mol. The molecule has 0 radical (unpaired) electrons. The van der Waals surface area contributed by atoms with E-state index >= 15 is 0 Å². The van der Waals surface area contributed by atoms with E-state index in [1.54, 1.807) is 0 Å². The summed E-state index contributed by atoms with van der Waals surface area (Å²) in [6.45, 7) is 0. The molecule has 0 unspecified atom stereocenters. The Kier molecular flexibility index (Phi) is 7.22. The highest BCUT2D eigenvalue weighted by Crippen LogP contribution is 2.29. The molecule has 2 aromatic carbocycles. The highest BCUT2D eigenvalue weighted by Gasteiger charge is 2.18. The summed E-state index contributed by atoms with van der Waals surface area (Å²) >= 11 is 0. The van der Waals surface area contributed by atoms with E-state index in [1.807, 2.05) is 0 Å². The molecule has 0 saturated heterocycles. The summed E-state index contributed by atoms with van der Waals surface area (Å²) in [5.41, 5.74) is 4.32. The number of amides is 1. The Hall–Kier alpha value is -4.31. The third-order valence-electron chi connectivity index (χ3n) is 4.55. The first-order valence-electron chi connectivity index (χ1n) is 9.49. The third kappa shape index (κ3) is 5.18. The van der Waals surface area contributed by atoms with Gasteiger partial charge in [-0.3, -0.25) is 14.2 Å². The van der Waals surface area contributed by atoms with Gasteiger partial charge in [0.1, 0.15) is 22.9 Å². The van der Waals surface area contributed by atoms with E-state index < -0.39 is 40.4 Å². The number of anilines is 2. The van der Waals surface area contributed by atoms with E-state index in [4.69, 9.17) is 10.5 Å². The summed E-state index contributed by atoms with van der Waals surface area (Å²) < 4.78 is 48.6. The van der Waals surface area contributed by atoms with Crippen LogP contribution in [0.3, 0.4) is 0 Å². The maximum absolute atomic E-state index is 14.6. The van der Waals surface area contributed by atoms with Gasteiger partial charge in [-0.2, -0.15) is 0 Å². The van der Waals surface area contributed by atoms with Crippen LogP contribution in [0.5, 0.6) is 11.5 Å². The number of nitrogen functional groups attached to an aromatic ring is 1. The quantitative estimate of drug-likeness (QED) is 0.424. The molecule has 1 amide bonds. The summed E-state index contributed by atoms with van der Waals surface area (Å²) in [4.78, 5) is 29.1. The Morgan fingerprint density at radius 1 is 1.00 bits per heavy atom. The van der Waals surface area contributed by atoms with Gasteiger partial charge in [-0.25, -0.2) is 18.2 Å². The number of nitrogens with one attached hydrogen (secondary N) is 1. The minimum Gasteiger partial charge on any atom is -0.454 e. The predicted octanol–water partition coefficient (Wildman–Crippen LogP) is 4.70. The van der Waals surface area contributed by atoms with Gasteiger partial charge in [0.25, 0.3) is 11.5 Å². The van der Waals surface area contributed by atoms with Gasteiger partial charge in [0.15, 0.2) is 17.4 Å². The number of rotatable bonds is 5. The van der Waals surface area contributed by atoms with Crippen molar-refractivity contribution in [2.24, 2.45) is 0 Å². The highest BCUT2D eigenvalue weighted by molar-refractivity contribution is 6.04. The van der Waals surface area contributed by atoms with E-state index in [1.165, 1.54) is 48.8 Å². The van der Waals surface area contributed by atoms with Crippen molar-refractivity contribution in [2.75, 3.05) is 11.1 Å². The van der Waals surface area contributed by atoms with Crippen molar-refractivity contribution in [3.63, 3.8) is 0 Å². The molecule has 0 atom stereocenters. The van der Waals surface area contributed by atoms with Crippen LogP contribution in [0.4, 0.5) is 24.7 Å². The molecule has 0 spiro atoms. The molecular formula is C23H16ClF3N4O3. The van der Waals surface area contributed by atoms with E-state index in [2.05, 4.69) is 10.3 Å². The van der Waals surface area contributed by atoms with Crippen LogP contribution in [0.2, 0.25) is 0 Å². The average molecular weight is 489 g/mol. The molecule has 0 aliphatic rings. The number of pyridine rings is 2. The van der Waals surface area contributed by atoms with Gasteiger partial charge in [0, 0.05) is 36.3 Å². The number of nitrogens with two attached hydrogens (primary N) is 1. The van der Waals surface area contributed by atoms with E-state index in [9.17, 15) is 22.8 Å². The van der Waals surface area contributed by atoms with Crippen molar-refractivity contribution >= 4 is 29.8 Å². The van der Waals surface area contributed by atoms with Crippen LogP contribution in [-0.2, 0) is 0 Å². The molecular weight excluding hydrogens is 473 g/mol. The third-order valence-corrected chi connectivity index (χ3v) is 4.55. The van der Waals surface area contributed by atoms with Gasteiger partial charge in [-0.1, -0.05) is 0 Å². The fourth-order valence-electron chi connectivity index (χ4n) is 2.98. The lowest BCUT2D eigenvalue weighted by atomic mass is 10.2. The number of halogens is 4. The number of hydrogen-bond donors (Lipinski definition) is 2. The van der Waals surface area contributed by atoms with Gasteiger partial charge in [-0.15, -0.1) is 12.4 Å². The lowest BCUT2D eigenvalue weighted by molar-refractivity contribution is 0.102. The van der Waals surface area contributed by atoms with Crippen LogP contribution in [-0.4, -0.2) is 15.5 Å². The minimum absolute atomic E-state index is 0. The lowest BCUT2D eigenvalue weighted by Crippen LogP contribution is -2.28. The molecule has 0 bridgehead atoms. The van der Waals surface area contributed by atoms with E-state index in [0.717, 1.165) is 28.8 Å². The number of hydrogen-bond acceptors (Lipinski definition) is 5. The Morgan fingerprint density at radius 3 is 2.44 bits per heavy atom. The number of aromatic nitrogens is 2. The van der Waals surface area contributed by atoms with Crippen LogP contribution < -0.4 is 21.3 Å². The fraction of sp³-hybridized carbons (Fsp3) is 0. The second-order valence-electron chi connectivity index (χ2n) is 6.81. The van der Waals surface area contributed by atoms with Crippen molar-refractivity contribution in [1.29, 1.82) is 0 Å². The van der Waals surface area contributed by atoms with E-state index in [-0.39, 0.29) is 29.5 Å². The zero-order valence-electron chi connectivity index (χ0n) is 17.2. The Bertz CT molecular complexity index is 1410. The van der Waals surface area contributed by atoms with Gasteiger partial charge in [-0.05, 0) is 42.5 Å². The monoisotopic (exact) mass is 488 g/mol. The maximum Gasteiger partial charge on any atom is 0.267 e. The molecule has 3 N–H and O–H groups in total. The number of carbonyl (C=O) groups is 1. The lowest BCUT2D eigenvalue weighted by Gasteiger charge is -2.12. The molecule has 4 rings (SSSR count). The molecule has 0 aliphatic heterocycles. The first-order chi connectivity index (χ1) is 15.8. The SMILES string of the molecule is Cl.Nc1cc(Oc2cc(F)c(NC(=O)c3cccn(-c4ccc(F)cc4)c3=O)cc2F)ccn1. The standard InChI is InChI=1S/C23H15F3N4O3.ClH/c24-13-3-5-14(6-4-13)30-9-1-2-16(23(30)32)22(31)29-19-11-18(26)20(12-17(19)25)33-15-7-8-28-21(27)10-15;/h1-12H,(H2,27,28)(H,29,31);1H. The Morgan fingerprint density at radius 2 is 1.74 bits per heavy atom. The van der Waals surface area contributed by atoms with Crippen molar-refractivity contribution in [3.05, 3.63) is 106 Å². The molecule has 11 heteroatoms. The van der Waals surface area contributed by atoms with Crippen molar-refractivity contribution < 1.29 is 22.7 Å². The van der Waals surface area contributed by atoms with Crippen LogP contribution in [0.25, 0.3) is 5.69 Å². The molecule has 0 fully saturated rings. The van der Waals surface area contributed by atoms with Crippen molar-refractivity contribution in [2.45, 2.75) is 0 Å². The Balaban J connectivity index is 0.00000324. The minimum atomic E-state index is -0.989. The van der Waals surface area contributed by atoms with Gasteiger partial charge < -0.3 is 15.8 Å². The number of carbonyl (C=O) groups excluding carboxylic acids is 1. The normalized spacial score (nSPS) is 10.3.